The van der Waals surface area contributed by atoms with Gasteiger partial charge in [-0.2, -0.15) is 13.2 Å². The molecule has 0 bridgehead atoms. The molecule has 2 aromatic carbocycles. The van der Waals surface area contributed by atoms with Gasteiger partial charge >= 0.3 is 6.18 Å². The minimum Gasteiger partial charge on any atom is -0.206 e. The molecule has 0 fully saturated rings. The van der Waals surface area contributed by atoms with Gasteiger partial charge in [0.05, 0.1) is 15.2 Å². The fraction of sp³-hybridized carbons (Fsp3) is 0.0909. The Morgan fingerprint density at radius 1 is 0.750 bits per heavy atom. The summed E-state index contributed by atoms with van der Waals surface area (Å²) in [5.41, 5.74) is -2.61. The number of hydrogen-bond acceptors (Lipinski definition) is 0. The molecular weight excluding hydrogens is 364 g/mol. The van der Waals surface area contributed by atoms with Crippen LogP contribution < -0.4 is 0 Å². The summed E-state index contributed by atoms with van der Waals surface area (Å²) >= 11 is 2.46. The molecule has 9 heteroatoms. The molecule has 0 unspecified atom stereocenters. The highest BCUT2D eigenvalue weighted by Crippen LogP contribution is 2.40. The fourth-order valence-corrected chi connectivity index (χ4v) is 2.11. The summed E-state index contributed by atoms with van der Waals surface area (Å²) in [7, 11) is 0. The van der Waals surface area contributed by atoms with Crippen LogP contribution in [0.1, 0.15) is 5.56 Å². The van der Waals surface area contributed by atoms with Crippen LogP contribution in [0.25, 0.3) is 10.8 Å². The minimum atomic E-state index is -5.60. The molecule has 0 spiro atoms. The van der Waals surface area contributed by atoms with E-state index in [-0.39, 0.29) is 0 Å². The number of hydrogen-bond donors (Lipinski definition) is 0. The Hall–Kier alpha value is -1.38. The van der Waals surface area contributed by atoms with Crippen LogP contribution in [0.2, 0.25) is 0 Å². The highest BCUT2D eigenvalue weighted by Gasteiger charge is 2.41. The average Bonchev–Trinajstić information content (AvgIpc) is 2.29. The Labute approximate surface area is 114 Å². The van der Waals surface area contributed by atoms with Crippen LogP contribution in [0.5, 0.6) is 0 Å². The molecule has 0 amide bonds. The first-order valence-corrected chi connectivity index (χ1v) is 5.57. The summed E-state index contributed by atoms with van der Waals surface area (Å²) in [6.45, 7) is 0. The zero-order valence-corrected chi connectivity index (χ0v) is 10.6. The van der Waals surface area contributed by atoms with Crippen molar-refractivity contribution in [3.63, 3.8) is 0 Å². The summed E-state index contributed by atoms with van der Waals surface area (Å²) in [5, 5.41) is -3.13. The molecule has 0 atom stereocenters. The largest absolute Gasteiger partial charge is 0.422 e. The predicted octanol–water partition coefficient (Wildman–Crippen LogP) is 5.32. The van der Waals surface area contributed by atoms with Gasteiger partial charge in [-0.1, -0.05) is 0 Å². The zero-order chi connectivity index (χ0) is 15.4. The quantitative estimate of drug-likeness (QED) is 0.438. The Morgan fingerprint density at radius 3 is 1.80 bits per heavy atom. The van der Waals surface area contributed by atoms with E-state index < -0.39 is 56.1 Å². The summed E-state index contributed by atoms with van der Waals surface area (Å²) in [6, 6.07) is 0.318. The molecule has 2 aromatic rings. The second-order valence-corrected chi connectivity index (χ2v) is 4.57. The highest BCUT2D eigenvalue weighted by molar-refractivity contribution is 9.10. The van der Waals surface area contributed by atoms with Crippen LogP contribution in [-0.2, 0) is 6.18 Å². The molecular formula is C11HBrF8. The van der Waals surface area contributed by atoms with E-state index in [1.54, 1.807) is 0 Å². The molecule has 0 aliphatic heterocycles. The first-order chi connectivity index (χ1) is 9.07. The van der Waals surface area contributed by atoms with Crippen molar-refractivity contribution in [2.24, 2.45) is 0 Å². The van der Waals surface area contributed by atoms with Gasteiger partial charge in [0.2, 0.25) is 0 Å². The molecule has 0 N–H and O–H groups in total. The van der Waals surface area contributed by atoms with E-state index in [4.69, 9.17) is 0 Å². The van der Waals surface area contributed by atoms with Gasteiger partial charge in [-0.3, -0.25) is 0 Å². The molecule has 0 aromatic heterocycles. The summed E-state index contributed by atoms with van der Waals surface area (Å²) in [5.74, 6) is -10.6. The van der Waals surface area contributed by atoms with E-state index >= 15 is 0 Å². The maximum atomic E-state index is 13.6. The van der Waals surface area contributed by atoms with Crippen LogP contribution in [0.3, 0.4) is 0 Å². The molecule has 108 valence electrons. The van der Waals surface area contributed by atoms with Gasteiger partial charge in [-0.15, -0.1) is 0 Å². The number of rotatable bonds is 0. The summed E-state index contributed by atoms with van der Waals surface area (Å²) in [4.78, 5) is 0. The van der Waals surface area contributed by atoms with Gasteiger partial charge in [0.1, 0.15) is 23.0 Å². The van der Waals surface area contributed by atoms with E-state index in [2.05, 4.69) is 15.9 Å². The molecule has 2 rings (SSSR count). The highest BCUT2D eigenvalue weighted by atomic mass is 79.9. The van der Waals surface area contributed by atoms with Crippen molar-refractivity contribution in [3.05, 3.63) is 45.2 Å². The lowest BCUT2D eigenvalue weighted by Gasteiger charge is -2.14. The number of benzene rings is 2. The zero-order valence-electron chi connectivity index (χ0n) is 8.98. The van der Waals surface area contributed by atoms with Gasteiger partial charge in [0, 0.05) is 0 Å². The maximum absolute atomic E-state index is 13.6. The van der Waals surface area contributed by atoms with Crippen molar-refractivity contribution in [3.8, 4) is 0 Å². The van der Waals surface area contributed by atoms with Gasteiger partial charge in [0.15, 0.2) is 11.6 Å². The number of alkyl halides is 3. The van der Waals surface area contributed by atoms with Crippen molar-refractivity contribution in [2.75, 3.05) is 0 Å². The molecule has 0 saturated carbocycles. The third-order valence-electron chi connectivity index (χ3n) is 2.53. The van der Waals surface area contributed by atoms with E-state index in [9.17, 15) is 35.1 Å². The first-order valence-electron chi connectivity index (χ1n) is 4.78. The average molecular weight is 365 g/mol. The van der Waals surface area contributed by atoms with Crippen LogP contribution >= 0.6 is 15.9 Å². The van der Waals surface area contributed by atoms with Crippen LogP contribution in [0, 0.1) is 29.1 Å². The van der Waals surface area contributed by atoms with E-state index in [0.717, 1.165) is 0 Å². The third-order valence-corrected chi connectivity index (χ3v) is 3.10. The SMILES string of the molecule is Fc1c(C(F)(F)F)c(F)c2c(F)cc(Br)c(F)c2c1F. The number of halogens is 9. The Bertz CT molecular complexity index is 719. The molecule has 0 aliphatic rings. The minimum absolute atomic E-state index is 0.318. The van der Waals surface area contributed by atoms with E-state index in [1.165, 1.54) is 0 Å². The van der Waals surface area contributed by atoms with Crippen molar-refractivity contribution in [1.29, 1.82) is 0 Å². The van der Waals surface area contributed by atoms with Gasteiger partial charge < -0.3 is 0 Å². The Balaban J connectivity index is 3.13. The molecule has 0 heterocycles. The lowest BCUT2D eigenvalue weighted by atomic mass is 10.0. The summed E-state index contributed by atoms with van der Waals surface area (Å²) < 4.78 is 104. The molecule has 0 nitrogen and oxygen atoms in total. The van der Waals surface area contributed by atoms with E-state index in [1.807, 2.05) is 0 Å². The second-order valence-electron chi connectivity index (χ2n) is 3.72. The fourth-order valence-electron chi connectivity index (χ4n) is 1.71. The number of fused-ring (bicyclic) bond motifs is 1. The van der Waals surface area contributed by atoms with Crippen LogP contribution in [0.15, 0.2) is 10.5 Å². The second kappa shape index (κ2) is 4.57. The van der Waals surface area contributed by atoms with Crippen molar-refractivity contribution >= 4 is 26.7 Å². The molecule has 0 aliphatic carbocycles. The third kappa shape index (κ3) is 2.04. The predicted molar refractivity (Wildman–Crippen MR) is 56.4 cm³/mol. The van der Waals surface area contributed by atoms with Crippen LogP contribution in [-0.4, -0.2) is 0 Å². The Morgan fingerprint density at radius 2 is 1.30 bits per heavy atom. The van der Waals surface area contributed by atoms with Crippen molar-refractivity contribution in [2.45, 2.75) is 6.18 Å². The lowest BCUT2D eigenvalue weighted by Crippen LogP contribution is -2.14. The van der Waals surface area contributed by atoms with Gasteiger partial charge in [0.25, 0.3) is 0 Å². The molecule has 20 heavy (non-hydrogen) atoms. The van der Waals surface area contributed by atoms with Crippen LogP contribution in [0.4, 0.5) is 35.1 Å². The van der Waals surface area contributed by atoms with Gasteiger partial charge in [-0.25, -0.2) is 22.0 Å². The smallest absolute Gasteiger partial charge is 0.206 e. The van der Waals surface area contributed by atoms with Gasteiger partial charge in [-0.05, 0) is 22.0 Å². The monoisotopic (exact) mass is 364 g/mol. The van der Waals surface area contributed by atoms with E-state index in [0.29, 0.717) is 6.07 Å². The lowest BCUT2D eigenvalue weighted by molar-refractivity contribution is -0.142. The van der Waals surface area contributed by atoms with Crippen molar-refractivity contribution in [1.82, 2.24) is 0 Å². The van der Waals surface area contributed by atoms with Crippen molar-refractivity contribution < 1.29 is 35.1 Å². The Kier molecular flexibility index (Phi) is 3.43. The molecule has 0 saturated heterocycles. The summed E-state index contributed by atoms with van der Waals surface area (Å²) in [6.07, 6.45) is -5.60. The first kappa shape index (κ1) is 15.0. The molecule has 0 radical (unpaired) electrons. The topological polar surface area (TPSA) is 0 Å². The standard InChI is InChI=1S/C11HBrF8/c12-2-1-3(13)4-5(7(2)14)9(16)10(17)6(8(4)15)11(18,19)20/h1H. The maximum Gasteiger partial charge on any atom is 0.422 e. The normalized spacial score (nSPS) is 12.2.